The molecule has 1 fully saturated rings. The molecule has 0 aromatic carbocycles. The lowest BCUT2D eigenvalue weighted by Crippen LogP contribution is -2.40. The van der Waals surface area contributed by atoms with Crippen molar-refractivity contribution in [3.8, 4) is 0 Å². The van der Waals surface area contributed by atoms with E-state index in [0.29, 0.717) is 0 Å². The van der Waals surface area contributed by atoms with Crippen molar-refractivity contribution in [1.29, 1.82) is 0 Å². The normalized spacial score (nSPS) is 18.6. The topological polar surface area (TPSA) is 24.1 Å². The lowest BCUT2D eigenvalue weighted by Gasteiger charge is -2.23. The summed E-state index contributed by atoms with van der Waals surface area (Å²) in [7, 11) is 0. The van der Waals surface area contributed by atoms with E-state index in [0.717, 1.165) is 6.04 Å². The summed E-state index contributed by atoms with van der Waals surface area (Å²) in [5, 5.41) is 7.04. The molecule has 0 aliphatic carbocycles. The summed E-state index contributed by atoms with van der Waals surface area (Å²) >= 11 is 1.96. The Hall–Kier alpha value is 0.270. The van der Waals surface area contributed by atoms with Crippen LogP contribution in [0.4, 0.5) is 0 Å². The van der Waals surface area contributed by atoms with E-state index in [2.05, 4.69) is 16.9 Å². The summed E-state index contributed by atoms with van der Waals surface area (Å²) in [5.41, 5.74) is 0. The molecule has 0 saturated carbocycles. The highest BCUT2D eigenvalue weighted by Gasteiger charge is 2.10. The fraction of sp³-hybridized carbons (Fsp3) is 1.00. The second-order valence-electron chi connectivity index (χ2n) is 4.03. The fourth-order valence-corrected chi connectivity index (χ4v) is 2.37. The average molecular weight is 216 g/mol. The summed E-state index contributed by atoms with van der Waals surface area (Å²) in [6.07, 6.45) is 8.93. The molecule has 3 heteroatoms. The Bertz CT molecular complexity index is 124. The number of nitrogens with one attached hydrogen (secondary N) is 2. The van der Waals surface area contributed by atoms with Gasteiger partial charge in [0.05, 0.1) is 0 Å². The van der Waals surface area contributed by atoms with Gasteiger partial charge in [0.15, 0.2) is 0 Å². The molecule has 2 N–H and O–H groups in total. The van der Waals surface area contributed by atoms with E-state index in [-0.39, 0.29) is 0 Å². The van der Waals surface area contributed by atoms with Gasteiger partial charge in [-0.05, 0) is 57.3 Å². The van der Waals surface area contributed by atoms with Crippen molar-refractivity contribution in [3.05, 3.63) is 0 Å². The van der Waals surface area contributed by atoms with Crippen LogP contribution >= 0.6 is 11.8 Å². The van der Waals surface area contributed by atoms with Crippen LogP contribution in [0.1, 0.15) is 32.1 Å². The first-order chi connectivity index (χ1) is 6.93. The van der Waals surface area contributed by atoms with E-state index in [4.69, 9.17) is 0 Å². The molecule has 0 radical (unpaired) electrons. The van der Waals surface area contributed by atoms with Crippen molar-refractivity contribution in [2.75, 3.05) is 31.6 Å². The van der Waals surface area contributed by atoms with Crippen LogP contribution in [-0.2, 0) is 0 Å². The first-order valence-corrected chi connectivity index (χ1v) is 7.26. The molecule has 2 nitrogen and oxygen atoms in total. The zero-order valence-corrected chi connectivity index (χ0v) is 10.2. The zero-order valence-electron chi connectivity index (χ0n) is 9.35. The van der Waals surface area contributed by atoms with E-state index in [1.165, 1.54) is 57.5 Å². The summed E-state index contributed by atoms with van der Waals surface area (Å²) in [5.74, 6) is 1.33. The highest BCUT2D eigenvalue weighted by molar-refractivity contribution is 7.98. The Morgan fingerprint density at radius 3 is 2.71 bits per heavy atom. The van der Waals surface area contributed by atoms with Crippen molar-refractivity contribution in [1.82, 2.24) is 10.6 Å². The largest absolute Gasteiger partial charge is 0.317 e. The van der Waals surface area contributed by atoms with E-state index < -0.39 is 0 Å². The molecule has 1 rings (SSSR count). The van der Waals surface area contributed by atoms with Gasteiger partial charge in [0.25, 0.3) is 0 Å². The van der Waals surface area contributed by atoms with E-state index in [1.807, 2.05) is 11.8 Å². The number of unbranched alkanes of at least 4 members (excludes halogenated alkanes) is 2. The standard InChI is InChI=1S/C11H24N2S/c1-14-10-4-2-3-7-13-11-5-8-12-9-6-11/h11-13H,2-10H2,1H3. The molecule has 1 saturated heterocycles. The van der Waals surface area contributed by atoms with Crippen molar-refractivity contribution >= 4 is 11.8 Å². The van der Waals surface area contributed by atoms with Gasteiger partial charge in [-0.15, -0.1) is 0 Å². The van der Waals surface area contributed by atoms with Gasteiger partial charge in [0, 0.05) is 6.04 Å². The molecular weight excluding hydrogens is 192 g/mol. The van der Waals surface area contributed by atoms with Crippen LogP contribution in [0.25, 0.3) is 0 Å². The van der Waals surface area contributed by atoms with E-state index in [1.54, 1.807) is 0 Å². The van der Waals surface area contributed by atoms with Crippen molar-refractivity contribution in [3.63, 3.8) is 0 Å². The average Bonchev–Trinajstić information content (AvgIpc) is 2.25. The molecule has 14 heavy (non-hydrogen) atoms. The fourth-order valence-electron chi connectivity index (χ4n) is 1.88. The number of piperidine rings is 1. The van der Waals surface area contributed by atoms with Gasteiger partial charge in [0.2, 0.25) is 0 Å². The lowest BCUT2D eigenvalue weighted by atomic mass is 10.1. The third kappa shape index (κ3) is 5.89. The second kappa shape index (κ2) is 8.57. The van der Waals surface area contributed by atoms with Crippen LogP contribution in [0.5, 0.6) is 0 Å². The minimum absolute atomic E-state index is 0.789. The SMILES string of the molecule is CSCCCCCNC1CCNCC1. The van der Waals surface area contributed by atoms with Gasteiger partial charge in [-0.2, -0.15) is 11.8 Å². The lowest BCUT2D eigenvalue weighted by molar-refractivity contribution is 0.384. The van der Waals surface area contributed by atoms with Crippen molar-refractivity contribution in [2.45, 2.75) is 38.1 Å². The van der Waals surface area contributed by atoms with E-state index in [9.17, 15) is 0 Å². The molecule has 1 heterocycles. The summed E-state index contributed by atoms with van der Waals surface area (Å²) in [4.78, 5) is 0. The molecule has 0 atom stereocenters. The first kappa shape index (κ1) is 12.3. The highest BCUT2D eigenvalue weighted by atomic mass is 32.2. The van der Waals surface area contributed by atoms with Crippen molar-refractivity contribution < 1.29 is 0 Å². The number of hydrogen-bond donors (Lipinski definition) is 2. The van der Waals surface area contributed by atoms with E-state index >= 15 is 0 Å². The van der Waals surface area contributed by atoms with Crippen LogP contribution in [0.2, 0.25) is 0 Å². The smallest absolute Gasteiger partial charge is 0.00912 e. The summed E-state index contributed by atoms with van der Waals surface area (Å²) in [6, 6.07) is 0.789. The van der Waals surface area contributed by atoms with Crippen LogP contribution in [0.3, 0.4) is 0 Å². The summed E-state index contributed by atoms with van der Waals surface area (Å²) in [6.45, 7) is 3.62. The molecule has 1 aliphatic rings. The predicted octanol–water partition coefficient (Wildman–Crippen LogP) is 1.86. The molecule has 0 amide bonds. The van der Waals surface area contributed by atoms with Gasteiger partial charge in [-0.25, -0.2) is 0 Å². The number of thioether (sulfide) groups is 1. The quantitative estimate of drug-likeness (QED) is 0.635. The minimum atomic E-state index is 0.789. The Kier molecular flexibility index (Phi) is 7.55. The predicted molar refractivity (Wildman–Crippen MR) is 66.1 cm³/mol. The Balaban J connectivity index is 1.82. The Labute approximate surface area is 92.6 Å². The maximum Gasteiger partial charge on any atom is 0.00912 e. The number of rotatable bonds is 7. The highest BCUT2D eigenvalue weighted by Crippen LogP contribution is 2.04. The van der Waals surface area contributed by atoms with Gasteiger partial charge >= 0.3 is 0 Å². The van der Waals surface area contributed by atoms with Crippen LogP contribution < -0.4 is 10.6 Å². The maximum absolute atomic E-state index is 3.65. The molecule has 0 spiro atoms. The molecule has 84 valence electrons. The Morgan fingerprint density at radius 2 is 2.00 bits per heavy atom. The number of hydrogen-bond acceptors (Lipinski definition) is 3. The second-order valence-corrected chi connectivity index (χ2v) is 5.02. The molecule has 0 aromatic rings. The Morgan fingerprint density at radius 1 is 1.21 bits per heavy atom. The molecular formula is C11H24N2S. The van der Waals surface area contributed by atoms with Crippen molar-refractivity contribution in [2.24, 2.45) is 0 Å². The zero-order chi connectivity index (χ0) is 10.1. The first-order valence-electron chi connectivity index (χ1n) is 5.86. The van der Waals surface area contributed by atoms with Crippen LogP contribution in [0, 0.1) is 0 Å². The minimum Gasteiger partial charge on any atom is -0.317 e. The van der Waals surface area contributed by atoms with Gasteiger partial charge in [0.1, 0.15) is 0 Å². The van der Waals surface area contributed by atoms with Crippen LogP contribution in [-0.4, -0.2) is 37.7 Å². The van der Waals surface area contributed by atoms with Crippen LogP contribution in [0.15, 0.2) is 0 Å². The monoisotopic (exact) mass is 216 g/mol. The third-order valence-corrected chi connectivity index (χ3v) is 3.49. The summed E-state index contributed by atoms with van der Waals surface area (Å²) < 4.78 is 0. The molecule has 0 unspecified atom stereocenters. The molecule has 1 aliphatic heterocycles. The van der Waals surface area contributed by atoms with Gasteiger partial charge in [-0.1, -0.05) is 6.42 Å². The van der Waals surface area contributed by atoms with Gasteiger partial charge < -0.3 is 10.6 Å². The third-order valence-electron chi connectivity index (χ3n) is 2.80. The molecule has 0 aromatic heterocycles. The molecule has 0 bridgehead atoms. The van der Waals surface area contributed by atoms with Gasteiger partial charge in [-0.3, -0.25) is 0 Å². The maximum atomic E-state index is 3.65.